The number of aryl methyl sites for hydroxylation is 1. The first-order chi connectivity index (χ1) is 7.99. The molecule has 0 aliphatic rings. The summed E-state index contributed by atoms with van der Waals surface area (Å²) in [6.07, 6.45) is 1.75. The van der Waals surface area contributed by atoms with Gasteiger partial charge in [0.05, 0.1) is 4.90 Å². The predicted octanol–water partition coefficient (Wildman–Crippen LogP) is 0.958. The number of hydrogen-bond acceptors (Lipinski definition) is 4. The summed E-state index contributed by atoms with van der Waals surface area (Å²) < 4.78 is 29.3. The van der Waals surface area contributed by atoms with Gasteiger partial charge < -0.3 is 10.3 Å². The SMILES string of the molecule is Cn1ccs/c1=N/S(=O)(=O)c1ccc(N)cc1. The van der Waals surface area contributed by atoms with E-state index in [4.69, 9.17) is 5.73 Å². The number of rotatable bonds is 2. The van der Waals surface area contributed by atoms with E-state index in [-0.39, 0.29) is 4.90 Å². The first kappa shape index (κ1) is 11.9. The fourth-order valence-electron chi connectivity index (χ4n) is 1.21. The molecular formula is C10H11N3O2S2. The molecule has 90 valence electrons. The molecule has 0 fully saturated rings. The van der Waals surface area contributed by atoms with Crippen molar-refractivity contribution in [3.05, 3.63) is 40.6 Å². The van der Waals surface area contributed by atoms with Crippen LogP contribution < -0.4 is 10.5 Å². The van der Waals surface area contributed by atoms with Gasteiger partial charge in [-0.2, -0.15) is 8.42 Å². The number of benzene rings is 1. The zero-order valence-corrected chi connectivity index (χ0v) is 10.7. The fraction of sp³-hybridized carbons (Fsp3) is 0.100. The summed E-state index contributed by atoms with van der Waals surface area (Å²) >= 11 is 1.27. The van der Waals surface area contributed by atoms with E-state index in [1.54, 1.807) is 23.2 Å². The Balaban J connectivity index is 2.52. The van der Waals surface area contributed by atoms with Crippen molar-refractivity contribution in [3.8, 4) is 0 Å². The van der Waals surface area contributed by atoms with E-state index in [1.807, 2.05) is 0 Å². The van der Waals surface area contributed by atoms with Crippen LogP contribution in [-0.2, 0) is 17.1 Å². The topological polar surface area (TPSA) is 77.5 Å². The molecule has 2 aromatic rings. The molecule has 0 unspecified atom stereocenters. The average molecular weight is 269 g/mol. The minimum Gasteiger partial charge on any atom is -0.399 e. The van der Waals surface area contributed by atoms with Crippen molar-refractivity contribution in [1.82, 2.24) is 4.57 Å². The van der Waals surface area contributed by atoms with Gasteiger partial charge in [-0.15, -0.1) is 15.7 Å². The number of anilines is 1. The van der Waals surface area contributed by atoms with Crippen molar-refractivity contribution >= 4 is 27.0 Å². The molecule has 0 aliphatic heterocycles. The van der Waals surface area contributed by atoms with Gasteiger partial charge in [-0.25, -0.2) is 0 Å². The molecule has 0 saturated heterocycles. The van der Waals surface area contributed by atoms with Crippen LogP contribution in [0.15, 0.2) is 45.1 Å². The number of nitrogen functional groups attached to an aromatic ring is 1. The minimum absolute atomic E-state index is 0.139. The quantitative estimate of drug-likeness (QED) is 0.825. The normalized spacial score (nSPS) is 12.9. The van der Waals surface area contributed by atoms with Crippen molar-refractivity contribution < 1.29 is 8.42 Å². The highest BCUT2D eigenvalue weighted by Crippen LogP contribution is 2.13. The van der Waals surface area contributed by atoms with Crippen LogP contribution >= 0.6 is 11.3 Å². The van der Waals surface area contributed by atoms with Crippen LogP contribution in [0.1, 0.15) is 0 Å². The summed E-state index contributed by atoms with van der Waals surface area (Å²) in [4.78, 5) is 0.571. The Labute approximate surface area is 103 Å². The van der Waals surface area contributed by atoms with Gasteiger partial charge in [0.15, 0.2) is 0 Å². The van der Waals surface area contributed by atoms with E-state index in [0.717, 1.165) is 0 Å². The summed E-state index contributed by atoms with van der Waals surface area (Å²) in [6, 6.07) is 5.97. The molecule has 0 radical (unpaired) electrons. The Kier molecular flexibility index (Phi) is 3.03. The maximum atomic E-state index is 11.9. The Morgan fingerprint density at radius 2 is 1.94 bits per heavy atom. The largest absolute Gasteiger partial charge is 0.399 e. The second kappa shape index (κ2) is 4.34. The van der Waals surface area contributed by atoms with Crippen molar-refractivity contribution in [2.45, 2.75) is 4.90 Å². The first-order valence-electron chi connectivity index (χ1n) is 4.76. The molecule has 2 rings (SSSR count). The monoisotopic (exact) mass is 269 g/mol. The van der Waals surface area contributed by atoms with Gasteiger partial charge in [-0.05, 0) is 24.3 Å². The Morgan fingerprint density at radius 1 is 1.29 bits per heavy atom. The highest BCUT2D eigenvalue weighted by Gasteiger charge is 2.12. The summed E-state index contributed by atoms with van der Waals surface area (Å²) in [5.41, 5.74) is 6.02. The van der Waals surface area contributed by atoms with E-state index in [1.165, 1.54) is 35.6 Å². The third-order valence-corrected chi connectivity index (χ3v) is 4.38. The first-order valence-corrected chi connectivity index (χ1v) is 7.08. The highest BCUT2D eigenvalue weighted by molar-refractivity contribution is 7.90. The molecular weight excluding hydrogens is 258 g/mol. The molecule has 0 atom stereocenters. The number of sulfonamides is 1. The van der Waals surface area contributed by atoms with Crippen molar-refractivity contribution in [3.63, 3.8) is 0 Å². The Morgan fingerprint density at radius 3 is 2.47 bits per heavy atom. The number of thiazole rings is 1. The van der Waals surface area contributed by atoms with E-state index >= 15 is 0 Å². The maximum absolute atomic E-state index is 11.9. The average Bonchev–Trinajstić information content (AvgIpc) is 2.64. The van der Waals surface area contributed by atoms with Gasteiger partial charge in [0.25, 0.3) is 10.0 Å². The van der Waals surface area contributed by atoms with E-state index in [2.05, 4.69) is 4.40 Å². The standard InChI is InChI=1S/C10H11N3O2S2/c1-13-6-7-16-10(13)12-17(14,15)9-4-2-8(11)3-5-9/h2-7H,11H2,1H3/b12-10+. The zero-order valence-electron chi connectivity index (χ0n) is 9.07. The predicted molar refractivity (Wildman–Crippen MR) is 66.9 cm³/mol. The van der Waals surface area contributed by atoms with Gasteiger partial charge in [0.1, 0.15) is 0 Å². The summed E-state index contributed by atoms with van der Waals surface area (Å²) in [5.74, 6) is 0. The van der Waals surface area contributed by atoms with Crippen molar-refractivity contribution in [2.24, 2.45) is 11.4 Å². The van der Waals surface area contributed by atoms with Gasteiger partial charge >= 0.3 is 0 Å². The molecule has 0 spiro atoms. The van der Waals surface area contributed by atoms with Gasteiger partial charge in [0.2, 0.25) is 4.80 Å². The van der Waals surface area contributed by atoms with E-state index in [0.29, 0.717) is 10.5 Å². The molecule has 1 aromatic heterocycles. The molecule has 7 heteroatoms. The van der Waals surface area contributed by atoms with Crippen LogP contribution in [0.2, 0.25) is 0 Å². The van der Waals surface area contributed by atoms with Crippen LogP contribution in [0.4, 0.5) is 5.69 Å². The van der Waals surface area contributed by atoms with Crippen LogP contribution in [0, 0.1) is 0 Å². The molecule has 0 bridgehead atoms. The lowest BCUT2D eigenvalue weighted by Crippen LogP contribution is -2.13. The van der Waals surface area contributed by atoms with Crippen LogP contribution in [0.3, 0.4) is 0 Å². The van der Waals surface area contributed by atoms with E-state index < -0.39 is 10.0 Å². The lowest BCUT2D eigenvalue weighted by atomic mass is 10.3. The number of nitrogens with two attached hydrogens (primary N) is 1. The Bertz CT molecular complexity index is 681. The third-order valence-electron chi connectivity index (χ3n) is 2.14. The molecule has 2 N–H and O–H groups in total. The van der Waals surface area contributed by atoms with Crippen LogP contribution in [0.25, 0.3) is 0 Å². The summed E-state index contributed by atoms with van der Waals surface area (Å²) in [7, 11) is -1.92. The second-order valence-electron chi connectivity index (χ2n) is 3.43. The van der Waals surface area contributed by atoms with Crippen LogP contribution in [0.5, 0.6) is 0 Å². The number of aromatic nitrogens is 1. The molecule has 0 amide bonds. The molecule has 1 aromatic carbocycles. The van der Waals surface area contributed by atoms with Crippen molar-refractivity contribution in [1.29, 1.82) is 0 Å². The molecule has 1 heterocycles. The third kappa shape index (κ3) is 2.56. The highest BCUT2D eigenvalue weighted by atomic mass is 32.2. The molecule has 0 aliphatic carbocycles. The molecule has 0 saturated carbocycles. The maximum Gasteiger partial charge on any atom is 0.285 e. The van der Waals surface area contributed by atoms with Crippen LogP contribution in [-0.4, -0.2) is 13.0 Å². The summed E-state index contributed by atoms with van der Waals surface area (Å²) in [6.45, 7) is 0. The smallest absolute Gasteiger partial charge is 0.285 e. The fourth-order valence-corrected chi connectivity index (χ4v) is 3.19. The number of hydrogen-bond donors (Lipinski definition) is 1. The van der Waals surface area contributed by atoms with Gasteiger partial charge in [-0.3, -0.25) is 0 Å². The lowest BCUT2D eigenvalue weighted by Gasteiger charge is -1.98. The van der Waals surface area contributed by atoms with E-state index in [9.17, 15) is 8.42 Å². The number of nitrogens with zero attached hydrogens (tertiary/aromatic N) is 2. The van der Waals surface area contributed by atoms with Gasteiger partial charge in [0, 0.05) is 24.3 Å². The second-order valence-corrected chi connectivity index (χ2v) is 5.91. The summed E-state index contributed by atoms with van der Waals surface area (Å²) in [5, 5.41) is 1.78. The zero-order chi connectivity index (χ0) is 12.5. The lowest BCUT2D eigenvalue weighted by molar-refractivity contribution is 0.596. The minimum atomic E-state index is -3.66. The van der Waals surface area contributed by atoms with Crippen molar-refractivity contribution in [2.75, 3.05) is 5.73 Å². The van der Waals surface area contributed by atoms with Gasteiger partial charge in [-0.1, -0.05) is 0 Å². The molecule has 17 heavy (non-hydrogen) atoms. The molecule has 5 nitrogen and oxygen atoms in total. The Hall–Kier alpha value is -1.60.